The van der Waals surface area contributed by atoms with E-state index in [2.05, 4.69) is 0 Å². The van der Waals surface area contributed by atoms with Gasteiger partial charge in [-0.2, -0.15) is 0 Å². The maximum Gasteiger partial charge on any atom is 0.336 e. The van der Waals surface area contributed by atoms with Crippen LogP contribution in [0.1, 0.15) is 18.4 Å². The highest BCUT2D eigenvalue weighted by atomic mass is 16.5. The smallest absolute Gasteiger partial charge is 0.336 e. The van der Waals surface area contributed by atoms with Crippen LogP contribution in [0, 0.1) is 0 Å². The molecule has 5 heteroatoms. The summed E-state index contributed by atoms with van der Waals surface area (Å²) in [5.41, 5.74) is 0.415. The van der Waals surface area contributed by atoms with Crippen molar-refractivity contribution in [3.63, 3.8) is 0 Å². The molecule has 0 aliphatic carbocycles. The normalized spacial score (nSPS) is 11.6. The fourth-order valence-electron chi connectivity index (χ4n) is 1.40. The largest absolute Gasteiger partial charge is 0.463 e. The SMILES string of the molecule is CCOC(=O)/C(=C/c1ccc(COC)o1)COC. The highest BCUT2D eigenvalue weighted by Gasteiger charge is 2.11. The Morgan fingerprint density at radius 3 is 2.72 bits per heavy atom. The first-order valence-electron chi connectivity index (χ1n) is 5.65. The second kappa shape index (κ2) is 7.68. The molecular formula is C13H18O5. The highest BCUT2D eigenvalue weighted by molar-refractivity contribution is 5.93. The number of carbonyl (C=O) groups excluding carboxylic acids is 1. The van der Waals surface area contributed by atoms with Crippen molar-refractivity contribution in [1.82, 2.24) is 0 Å². The second-order valence-electron chi connectivity index (χ2n) is 3.56. The van der Waals surface area contributed by atoms with Crippen LogP contribution in [0.25, 0.3) is 6.08 Å². The van der Waals surface area contributed by atoms with Crippen molar-refractivity contribution in [1.29, 1.82) is 0 Å². The van der Waals surface area contributed by atoms with Crippen molar-refractivity contribution in [2.24, 2.45) is 0 Å². The Labute approximate surface area is 106 Å². The first-order valence-corrected chi connectivity index (χ1v) is 5.65. The van der Waals surface area contributed by atoms with Gasteiger partial charge in [0.1, 0.15) is 18.1 Å². The minimum Gasteiger partial charge on any atom is -0.463 e. The Bertz CT molecular complexity index is 405. The summed E-state index contributed by atoms with van der Waals surface area (Å²) >= 11 is 0. The Hall–Kier alpha value is -1.59. The Morgan fingerprint density at radius 2 is 2.11 bits per heavy atom. The van der Waals surface area contributed by atoms with Crippen LogP contribution >= 0.6 is 0 Å². The van der Waals surface area contributed by atoms with Crippen LogP contribution in [0.15, 0.2) is 22.1 Å². The van der Waals surface area contributed by atoms with Gasteiger partial charge in [-0.1, -0.05) is 0 Å². The summed E-state index contributed by atoms with van der Waals surface area (Å²) in [7, 11) is 3.11. The molecule has 0 saturated heterocycles. The maximum absolute atomic E-state index is 11.6. The molecule has 0 N–H and O–H groups in total. The Balaban J connectivity index is 2.82. The first kappa shape index (κ1) is 14.5. The van der Waals surface area contributed by atoms with E-state index in [4.69, 9.17) is 18.6 Å². The molecule has 0 radical (unpaired) electrons. The zero-order chi connectivity index (χ0) is 13.4. The number of hydrogen-bond acceptors (Lipinski definition) is 5. The van der Waals surface area contributed by atoms with Crippen LogP contribution in [-0.4, -0.2) is 33.4 Å². The van der Waals surface area contributed by atoms with Crippen molar-refractivity contribution >= 4 is 12.0 Å². The van der Waals surface area contributed by atoms with Crippen molar-refractivity contribution in [3.05, 3.63) is 29.2 Å². The molecule has 0 aromatic carbocycles. The third-order valence-electron chi connectivity index (χ3n) is 2.12. The Morgan fingerprint density at radius 1 is 1.33 bits per heavy atom. The monoisotopic (exact) mass is 254 g/mol. The molecule has 0 amide bonds. The molecular weight excluding hydrogens is 236 g/mol. The van der Waals surface area contributed by atoms with Crippen LogP contribution in [0.3, 0.4) is 0 Å². The lowest BCUT2D eigenvalue weighted by atomic mass is 10.2. The van der Waals surface area contributed by atoms with Crippen LogP contribution < -0.4 is 0 Å². The van der Waals surface area contributed by atoms with E-state index in [9.17, 15) is 4.79 Å². The van der Waals surface area contributed by atoms with Gasteiger partial charge in [0.2, 0.25) is 0 Å². The minimum absolute atomic E-state index is 0.180. The third-order valence-corrected chi connectivity index (χ3v) is 2.12. The number of furan rings is 1. The molecule has 0 aliphatic heterocycles. The minimum atomic E-state index is -0.399. The molecule has 1 aromatic rings. The van der Waals surface area contributed by atoms with Gasteiger partial charge in [-0.25, -0.2) is 4.79 Å². The zero-order valence-electron chi connectivity index (χ0n) is 10.9. The van der Waals surface area contributed by atoms with Crippen LogP contribution in [-0.2, 0) is 25.6 Å². The summed E-state index contributed by atoms with van der Waals surface area (Å²) in [6.45, 7) is 2.66. The van der Waals surface area contributed by atoms with E-state index in [0.717, 1.165) is 0 Å². The van der Waals surface area contributed by atoms with Gasteiger partial charge in [0.25, 0.3) is 0 Å². The van der Waals surface area contributed by atoms with Gasteiger partial charge in [-0.15, -0.1) is 0 Å². The molecule has 5 nitrogen and oxygen atoms in total. The number of hydrogen-bond donors (Lipinski definition) is 0. The van der Waals surface area contributed by atoms with Gasteiger partial charge in [0, 0.05) is 14.2 Å². The van der Waals surface area contributed by atoms with Crippen molar-refractivity contribution in [2.75, 3.05) is 27.4 Å². The van der Waals surface area contributed by atoms with Gasteiger partial charge in [0.15, 0.2) is 0 Å². The molecule has 0 unspecified atom stereocenters. The number of carbonyl (C=O) groups is 1. The molecule has 0 spiro atoms. The lowest BCUT2D eigenvalue weighted by molar-refractivity contribution is -0.139. The predicted molar refractivity (Wildman–Crippen MR) is 65.9 cm³/mol. The standard InChI is InChI=1S/C13H18O5/c1-4-17-13(14)10(8-15-2)7-11-5-6-12(18-11)9-16-3/h5-7H,4,8-9H2,1-3H3/b10-7+. The van der Waals surface area contributed by atoms with E-state index < -0.39 is 5.97 Å². The predicted octanol–water partition coefficient (Wildman–Crippen LogP) is 2.02. The molecule has 0 saturated carbocycles. The fourth-order valence-corrected chi connectivity index (χ4v) is 1.40. The average Bonchev–Trinajstić information content (AvgIpc) is 2.77. The summed E-state index contributed by atoms with van der Waals surface area (Å²) in [5.74, 6) is 0.871. The van der Waals surface area contributed by atoms with Gasteiger partial charge in [-0.3, -0.25) is 0 Å². The van der Waals surface area contributed by atoms with Crippen molar-refractivity contribution < 1.29 is 23.4 Å². The first-order chi connectivity index (χ1) is 8.71. The lowest BCUT2D eigenvalue weighted by Gasteiger charge is -2.05. The van der Waals surface area contributed by atoms with E-state index in [1.54, 1.807) is 32.2 Å². The number of esters is 1. The quantitative estimate of drug-likeness (QED) is 0.550. The molecule has 0 aliphatic rings. The van der Waals surface area contributed by atoms with Crippen molar-refractivity contribution in [2.45, 2.75) is 13.5 Å². The summed E-state index contributed by atoms with van der Waals surface area (Å²) < 4.78 is 20.3. The van der Waals surface area contributed by atoms with E-state index in [1.807, 2.05) is 0 Å². The van der Waals surface area contributed by atoms with Crippen molar-refractivity contribution in [3.8, 4) is 0 Å². The summed E-state index contributed by atoms with van der Waals surface area (Å²) in [6.07, 6.45) is 1.61. The number of ether oxygens (including phenoxy) is 3. The van der Waals surface area contributed by atoms with Crippen LogP contribution in [0.2, 0.25) is 0 Å². The molecule has 100 valence electrons. The van der Waals surface area contributed by atoms with Gasteiger partial charge in [0.05, 0.1) is 18.8 Å². The summed E-state index contributed by atoms with van der Waals surface area (Å²) in [6, 6.07) is 3.56. The zero-order valence-corrected chi connectivity index (χ0v) is 10.9. The highest BCUT2D eigenvalue weighted by Crippen LogP contribution is 2.14. The van der Waals surface area contributed by atoms with Gasteiger partial charge in [-0.05, 0) is 25.1 Å². The van der Waals surface area contributed by atoms with E-state index in [0.29, 0.717) is 30.3 Å². The maximum atomic E-state index is 11.6. The van der Waals surface area contributed by atoms with Crippen LogP contribution in [0.4, 0.5) is 0 Å². The van der Waals surface area contributed by atoms with E-state index in [-0.39, 0.29) is 6.61 Å². The molecule has 1 rings (SSSR count). The summed E-state index contributed by atoms with van der Waals surface area (Å²) in [4.78, 5) is 11.6. The lowest BCUT2D eigenvalue weighted by Crippen LogP contribution is -2.11. The molecule has 0 fully saturated rings. The fraction of sp³-hybridized carbons (Fsp3) is 0.462. The van der Waals surface area contributed by atoms with Gasteiger partial charge >= 0.3 is 5.97 Å². The molecule has 1 aromatic heterocycles. The number of rotatable bonds is 7. The topological polar surface area (TPSA) is 57.9 Å². The number of methoxy groups -OCH3 is 2. The van der Waals surface area contributed by atoms with E-state index in [1.165, 1.54) is 7.11 Å². The molecule has 0 atom stereocenters. The second-order valence-corrected chi connectivity index (χ2v) is 3.56. The molecule has 1 heterocycles. The molecule has 0 bridgehead atoms. The van der Waals surface area contributed by atoms with Gasteiger partial charge < -0.3 is 18.6 Å². The van der Waals surface area contributed by atoms with Crippen LogP contribution in [0.5, 0.6) is 0 Å². The third kappa shape index (κ3) is 4.35. The average molecular weight is 254 g/mol. The Kier molecular flexibility index (Phi) is 6.18. The van der Waals surface area contributed by atoms with E-state index >= 15 is 0 Å². The molecule has 18 heavy (non-hydrogen) atoms. The summed E-state index contributed by atoms with van der Waals surface area (Å²) in [5, 5.41) is 0.